The smallest absolute Gasteiger partial charge is 0.106 e. The molecule has 2 aromatic rings. The zero-order chi connectivity index (χ0) is 13.5. The van der Waals surface area contributed by atoms with Gasteiger partial charge in [-0.2, -0.15) is 0 Å². The SMILES string of the molecule is CCOCC(OC)c1ccccc1-c1ccccc1. The first-order chi connectivity index (χ1) is 9.36. The van der Waals surface area contributed by atoms with Gasteiger partial charge in [0, 0.05) is 13.7 Å². The summed E-state index contributed by atoms with van der Waals surface area (Å²) < 4.78 is 11.1. The molecule has 0 saturated heterocycles. The van der Waals surface area contributed by atoms with Crippen molar-refractivity contribution in [3.05, 3.63) is 60.2 Å². The Kier molecular flexibility index (Phi) is 5.13. The minimum absolute atomic E-state index is 0.0312. The van der Waals surface area contributed by atoms with Gasteiger partial charge in [0.25, 0.3) is 0 Å². The molecule has 0 radical (unpaired) electrons. The number of rotatable bonds is 6. The second kappa shape index (κ2) is 7.07. The Morgan fingerprint density at radius 1 is 0.947 bits per heavy atom. The van der Waals surface area contributed by atoms with Crippen LogP contribution in [0.4, 0.5) is 0 Å². The van der Waals surface area contributed by atoms with E-state index in [4.69, 9.17) is 9.47 Å². The molecular weight excluding hydrogens is 236 g/mol. The molecule has 2 aromatic carbocycles. The van der Waals surface area contributed by atoms with E-state index < -0.39 is 0 Å². The molecule has 2 nitrogen and oxygen atoms in total. The van der Waals surface area contributed by atoms with Crippen LogP contribution in [0.2, 0.25) is 0 Å². The predicted molar refractivity (Wildman–Crippen MR) is 78.1 cm³/mol. The molecule has 19 heavy (non-hydrogen) atoms. The van der Waals surface area contributed by atoms with Gasteiger partial charge in [-0.25, -0.2) is 0 Å². The van der Waals surface area contributed by atoms with E-state index in [0.717, 1.165) is 0 Å². The van der Waals surface area contributed by atoms with Crippen LogP contribution >= 0.6 is 0 Å². The highest BCUT2D eigenvalue weighted by molar-refractivity contribution is 5.67. The first-order valence-electron chi connectivity index (χ1n) is 6.61. The number of benzene rings is 2. The van der Waals surface area contributed by atoms with Crippen LogP contribution in [0.1, 0.15) is 18.6 Å². The lowest BCUT2D eigenvalue weighted by Crippen LogP contribution is -2.11. The molecule has 0 aromatic heterocycles. The van der Waals surface area contributed by atoms with E-state index in [-0.39, 0.29) is 6.10 Å². The zero-order valence-electron chi connectivity index (χ0n) is 11.5. The Balaban J connectivity index is 2.35. The minimum atomic E-state index is -0.0312. The summed E-state index contributed by atoms with van der Waals surface area (Å²) in [5.41, 5.74) is 3.58. The summed E-state index contributed by atoms with van der Waals surface area (Å²) in [6.07, 6.45) is -0.0312. The second-order valence-corrected chi connectivity index (χ2v) is 4.34. The molecule has 0 amide bonds. The maximum absolute atomic E-state index is 5.58. The molecular formula is C17H20O2. The van der Waals surface area contributed by atoms with Gasteiger partial charge in [0.15, 0.2) is 0 Å². The van der Waals surface area contributed by atoms with Crippen molar-refractivity contribution in [2.75, 3.05) is 20.3 Å². The highest BCUT2D eigenvalue weighted by atomic mass is 16.5. The molecule has 1 unspecified atom stereocenters. The Morgan fingerprint density at radius 2 is 1.63 bits per heavy atom. The standard InChI is InChI=1S/C17H20O2/c1-3-19-13-17(18-2)16-12-8-7-11-15(16)14-9-5-4-6-10-14/h4-12,17H,3,13H2,1-2H3. The third kappa shape index (κ3) is 3.43. The highest BCUT2D eigenvalue weighted by Gasteiger charge is 2.15. The topological polar surface area (TPSA) is 18.5 Å². The summed E-state index contributed by atoms with van der Waals surface area (Å²) >= 11 is 0. The number of hydrogen-bond donors (Lipinski definition) is 0. The van der Waals surface area contributed by atoms with Gasteiger partial charge >= 0.3 is 0 Å². The maximum Gasteiger partial charge on any atom is 0.106 e. The van der Waals surface area contributed by atoms with Crippen LogP contribution in [-0.2, 0) is 9.47 Å². The van der Waals surface area contributed by atoms with Crippen LogP contribution in [0.5, 0.6) is 0 Å². The molecule has 0 saturated carbocycles. The summed E-state index contributed by atoms with van der Waals surface area (Å²) in [4.78, 5) is 0. The van der Waals surface area contributed by atoms with Crippen molar-refractivity contribution in [1.29, 1.82) is 0 Å². The largest absolute Gasteiger partial charge is 0.379 e. The van der Waals surface area contributed by atoms with E-state index in [1.54, 1.807) is 7.11 Å². The average Bonchev–Trinajstić information content (AvgIpc) is 2.49. The van der Waals surface area contributed by atoms with Gasteiger partial charge in [-0.1, -0.05) is 54.6 Å². The highest BCUT2D eigenvalue weighted by Crippen LogP contribution is 2.29. The molecule has 0 aliphatic carbocycles. The summed E-state index contributed by atoms with van der Waals surface area (Å²) in [5, 5.41) is 0. The number of hydrogen-bond acceptors (Lipinski definition) is 2. The fourth-order valence-electron chi connectivity index (χ4n) is 2.17. The summed E-state index contributed by atoms with van der Waals surface area (Å²) in [6.45, 7) is 3.28. The third-order valence-corrected chi connectivity index (χ3v) is 3.15. The van der Waals surface area contributed by atoms with Crippen molar-refractivity contribution in [3.8, 4) is 11.1 Å². The molecule has 2 heteroatoms. The third-order valence-electron chi connectivity index (χ3n) is 3.15. The lowest BCUT2D eigenvalue weighted by atomic mass is 9.96. The van der Waals surface area contributed by atoms with Crippen LogP contribution < -0.4 is 0 Å². The summed E-state index contributed by atoms with van der Waals surface area (Å²) in [7, 11) is 1.73. The molecule has 0 bridgehead atoms. The van der Waals surface area contributed by atoms with Gasteiger partial charge in [-0.3, -0.25) is 0 Å². The molecule has 0 aliphatic rings. The average molecular weight is 256 g/mol. The molecule has 0 N–H and O–H groups in total. The van der Waals surface area contributed by atoms with Crippen LogP contribution in [0.3, 0.4) is 0 Å². The van der Waals surface area contributed by atoms with E-state index in [1.165, 1.54) is 16.7 Å². The minimum Gasteiger partial charge on any atom is -0.379 e. The van der Waals surface area contributed by atoms with E-state index in [1.807, 2.05) is 19.1 Å². The Labute approximate surface area is 115 Å². The van der Waals surface area contributed by atoms with Gasteiger partial charge < -0.3 is 9.47 Å². The molecule has 2 rings (SSSR count). The van der Waals surface area contributed by atoms with Crippen LogP contribution in [0, 0.1) is 0 Å². The molecule has 0 spiro atoms. The first-order valence-corrected chi connectivity index (χ1v) is 6.61. The molecule has 1 atom stereocenters. The van der Waals surface area contributed by atoms with Crippen LogP contribution in [0.15, 0.2) is 54.6 Å². The van der Waals surface area contributed by atoms with Crippen molar-refractivity contribution in [1.82, 2.24) is 0 Å². The van der Waals surface area contributed by atoms with Crippen LogP contribution in [0.25, 0.3) is 11.1 Å². The zero-order valence-corrected chi connectivity index (χ0v) is 11.5. The fourth-order valence-corrected chi connectivity index (χ4v) is 2.17. The van der Waals surface area contributed by atoms with Gasteiger partial charge in [-0.15, -0.1) is 0 Å². The Hall–Kier alpha value is -1.64. The lowest BCUT2D eigenvalue weighted by molar-refractivity contribution is 0.0119. The first kappa shape index (κ1) is 13.8. The summed E-state index contributed by atoms with van der Waals surface area (Å²) in [6, 6.07) is 18.7. The van der Waals surface area contributed by atoms with Crippen molar-refractivity contribution in [2.45, 2.75) is 13.0 Å². The Bertz CT molecular complexity index is 494. The Morgan fingerprint density at radius 3 is 2.32 bits per heavy atom. The number of methoxy groups -OCH3 is 1. The number of ether oxygens (including phenoxy) is 2. The van der Waals surface area contributed by atoms with E-state index in [0.29, 0.717) is 13.2 Å². The van der Waals surface area contributed by atoms with Crippen molar-refractivity contribution < 1.29 is 9.47 Å². The van der Waals surface area contributed by atoms with E-state index in [9.17, 15) is 0 Å². The van der Waals surface area contributed by atoms with E-state index >= 15 is 0 Å². The quantitative estimate of drug-likeness (QED) is 0.775. The maximum atomic E-state index is 5.58. The fraction of sp³-hybridized carbons (Fsp3) is 0.294. The van der Waals surface area contributed by atoms with Crippen LogP contribution in [-0.4, -0.2) is 20.3 Å². The van der Waals surface area contributed by atoms with E-state index in [2.05, 4.69) is 42.5 Å². The molecule has 0 fully saturated rings. The van der Waals surface area contributed by atoms with Gasteiger partial charge in [0.1, 0.15) is 6.10 Å². The summed E-state index contributed by atoms with van der Waals surface area (Å²) in [5.74, 6) is 0. The van der Waals surface area contributed by atoms with Crippen molar-refractivity contribution in [3.63, 3.8) is 0 Å². The normalized spacial score (nSPS) is 12.3. The molecule has 0 heterocycles. The predicted octanol–water partition coefficient (Wildman–Crippen LogP) is 4.08. The van der Waals surface area contributed by atoms with Crippen molar-refractivity contribution in [2.24, 2.45) is 0 Å². The monoisotopic (exact) mass is 256 g/mol. The lowest BCUT2D eigenvalue weighted by Gasteiger charge is -2.19. The second-order valence-electron chi connectivity index (χ2n) is 4.34. The van der Waals surface area contributed by atoms with Gasteiger partial charge in [0.2, 0.25) is 0 Å². The molecule has 100 valence electrons. The molecule has 0 aliphatic heterocycles. The van der Waals surface area contributed by atoms with Gasteiger partial charge in [-0.05, 0) is 23.6 Å². The van der Waals surface area contributed by atoms with Gasteiger partial charge in [0.05, 0.1) is 6.61 Å². The van der Waals surface area contributed by atoms with Crippen molar-refractivity contribution >= 4 is 0 Å².